The van der Waals surface area contributed by atoms with E-state index >= 15 is 0 Å². The highest BCUT2D eigenvalue weighted by Gasteiger charge is 2.15. The van der Waals surface area contributed by atoms with Crippen LogP contribution in [0.2, 0.25) is 0 Å². The van der Waals surface area contributed by atoms with Crippen LogP contribution >= 0.6 is 11.8 Å². The van der Waals surface area contributed by atoms with Gasteiger partial charge in [0.2, 0.25) is 11.8 Å². The van der Waals surface area contributed by atoms with Crippen LogP contribution in [0.15, 0.2) is 53.4 Å². The second-order valence-corrected chi connectivity index (χ2v) is 9.47. The number of benzene rings is 2. The van der Waals surface area contributed by atoms with Gasteiger partial charge in [0.25, 0.3) is 0 Å². The van der Waals surface area contributed by atoms with E-state index in [0.29, 0.717) is 18.1 Å². The summed E-state index contributed by atoms with van der Waals surface area (Å²) in [5.41, 5.74) is 2.80. The lowest BCUT2D eigenvalue weighted by molar-refractivity contribution is -0.118. The molecule has 2 N–H and O–H groups in total. The largest absolute Gasteiger partial charge is 0.326 e. The molecule has 0 aliphatic heterocycles. The van der Waals surface area contributed by atoms with E-state index in [4.69, 9.17) is 0 Å². The Labute approximate surface area is 172 Å². The van der Waals surface area contributed by atoms with Gasteiger partial charge in [-0.2, -0.15) is 0 Å². The van der Waals surface area contributed by atoms with E-state index < -0.39 is 0 Å². The number of carbonyl (C=O) groups is 2. The first-order chi connectivity index (χ1) is 13.1. The number of amides is 2. The zero-order valence-electron chi connectivity index (χ0n) is 17.3. The zero-order valence-corrected chi connectivity index (χ0v) is 18.2. The molecule has 0 atom stereocenters. The summed E-state index contributed by atoms with van der Waals surface area (Å²) in [6, 6.07) is 15.5. The van der Waals surface area contributed by atoms with Crippen LogP contribution < -0.4 is 10.6 Å². The van der Waals surface area contributed by atoms with Gasteiger partial charge in [-0.15, -0.1) is 11.8 Å². The Balaban J connectivity index is 1.80. The maximum atomic E-state index is 12.2. The van der Waals surface area contributed by atoms with Crippen LogP contribution in [0.4, 0.5) is 11.4 Å². The molecule has 2 rings (SSSR count). The van der Waals surface area contributed by atoms with E-state index in [1.807, 2.05) is 69.3 Å². The molecule has 0 aliphatic carbocycles. The summed E-state index contributed by atoms with van der Waals surface area (Å²) in [4.78, 5) is 25.1. The maximum absolute atomic E-state index is 12.2. The van der Waals surface area contributed by atoms with Crippen molar-refractivity contribution in [3.05, 3.63) is 54.1 Å². The Morgan fingerprint density at radius 1 is 0.857 bits per heavy atom. The first kappa shape index (κ1) is 22.0. The summed E-state index contributed by atoms with van der Waals surface area (Å²) in [5, 5.41) is 5.83. The van der Waals surface area contributed by atoms with Gasteiger partial charge < -0.3 is 10.6 Å². The normalized spacial score (nSPS) is 11.4. The van der Waals surface area contributed by atoms with Crippen LogP contribution in [0.25, 0.3) is 0 Å². The highest BCUT2D eigenvalue weighted by atomic mass is 32.2. The van der Waals surface area contributed by atoms with Gasteiger partial charge >= 0.3 is 0 Å². The van der Waals surface area contributed by atoms with Gasteiger partial charge in [-0.25, -0.2) is 0 Å². The van der Waals surface area contributed by atoms with Crippen LogP contribution in [0.1, 0.15) is 52.5 Å². The SMILES string of the molecule is CC(C)c1ccc(NC(=O)CSc2ccc(NC(=O)CC(C)(C)C)cc2)cc1. The zero-order chi connectivity index (χ0) is 20.7. The Kier molecular flexibility index (Phi) is 7.69. The average molecular weight is 399 g/mol. The molecule has 2 aromatic rings. The Morgan fingerprint density at radius 2 is 1.36 bits per heavy atom. The summed E-state index contributed by atoms with van der Waals surface area (Å²) in [7, 11) is 0. The van der Waals surface area contributed by atoms with Gasteiger partial charge in [0, 0.05) is 22.7 Å². The van der Waals surface area contributed by atoms with Crippen molar-refractivity contribution >= 4 is 35.0 Å². The van der Waals surface area contributed by atoms with Crippen LogP contribution in [0.5, 0.6) is 0 Å². The maximum Gasteiger partial charge on any atom is 0.234 e. The highest BCUT2D eigenvalue weighted by Crippen LogP contribution is 2.23. The van der Waals surface area contributed by atoms with Gasteiger partial charge in [0.1, 0.15) is 0 Å². The van der Waals surface area contributed by atoms with Crippen molar-refractivity contribution in [2.45, 2.75) is 51.9 Å². The van der Waals surface area contributed by atoms with E-state index in [1.54, 1.807) is 0 Å². The molecule has 2 amide bonds. The number of carbonyl (C=O) groups excluding carboxylic acids is 2. The molecule has 0 spiro atoms. The molecule has 0 fully saturated rings. The van der Waals surface area contributed by atoms with Crippen molar-refractivity contribution in [3.8, 4) is 0 Å². The third kappa shape index (κ3) is 7.77. The van der Waals surface area contributed by atoms with Gasteiger partial charge in [-0.05, 0) is 53.3 Å². The molecule has 0 radical (unpaired) electrons. The number of anilines is 2. The number of hydrogen-bond donors (Lipinski definition) is 2. The number of thioether (sulfide) groups is 1. The lowest BCUT2D eigenvalue weighted by Gasteiger charge is -2.17. The molecule has 4 nitrogen and oxygen atoms in total. The third-order valence-electron chi connectivity index (χ3n) is 4.06. The number of rotatable bonds is 7. The summed E-state index contributed by atoms with van der Waals surface area (Å²) in [6.45, 7) is 10.4. The van der Waals surface area contributed by atoms with Crippen LogP contribution in [0, 0.1) is 5.41 Å². The lowest BCUT2D eigenvalue weighted by Crippen LogP contribution is -2.19. The predicted octanol–water partition coefficient (Wildman–Crippen LogP) is 5.92. The van der Waals surface area contributed by atoms with Crippen molar-refractivity contribution in [2.24, 2.45) is 5.41 Å². The minimum atomic E-state index is -0.0393. The van der Waals surface area contributed by atoms with E-state index in [-0.39, 0.29) is 17.2 Å². The molecule has 0 saturated carbocycles. The highest BCUT2D eigenvalue weighted by molar-refractivity contribution is 8.00. The summed E-state index contributed by atoms with van der Waals surface area (Å²) < 4.78 is 0. The third-order valence-corrected chi connectivity index (χ3v) is 5.07. The molecule has 0 unspecified atom stereocenters. The molecule has 28 heavy (non-hydrogen) atoms. The Hall–Kier alpha value is -2.27. The minimum absolute atomic E-state index is 0.00997. The molecule has 0 saturated heterocycles. The molecule has 150 valence electrons. The molecule has 5 heteroatoms. The lowest BCUT2D eigenvalue weighted by atomic mass is 9.92. The van der Waals surface area contributed by atoms with E-state index in [9.17, 15) is 9.59 Å². The number of nitrogens with one attached hydrogen (secondary N) is 2. The fourth-order valence-electron chi connectivity index (χ4n) is 2.62. The second kappa shape index (κ2) is 9.78. The smallest absolute Gasteiger partial charge is 0.234 e. The van der Waals surface area contributed by atoms with E-state index in [1.165, 1.54) is 17.3 Å². The van der Waals surface area contributed by atoms with E-state index in [0.717, 1.165) is 16.3 Å². The molecule has 0 heterocycles. The monoisotopic (exact) mass is 398 g/mol. The van der Waals surface area contributed by atoms with E-state index in [2.05, 4.69) is 24.5 Å². The summed E-state index contributed by atoms with van der Waals surface area (Å²) in [6.07, 6.45) is 0.474. The second-order valence-electron chi connectivity index (χ2n) is 8.42. The Morgan fingerprint density at radius 3 is 1.86 bits per heavy atom. The predicted molar refractivity (Wildman–Crippen MR) is 119 cm³/mol. The van der Waals surface area contributed by atoms with Crippen molar-refractivity contribution in [2.75, 3.05) is 16.4 Å². The molecule has 2 aromatic carbocycles. The van der Waals surface area contributed by atoms with Crippen LogP contribution in [0.3, 0.4) is 0 Å². The van der Waals surface area contributed by atoms with Gasteiger partial charge in [-0.3, -0.25) is 9.59 Å². The minimum Gasteiger partial charge on any atom is -0.326 e. The average Bonchev–Trinajstić information content (AvgIpc) is 2.60. The van der Waals surface area contributed by atoms with Crippen molar-refractivity contribution < 1.29 is 9.59 Å². The van der Waals surface area contributed by atoms with Gasteiger partial charge in [-0.1, -0.05) is 46.8 Å². The van der Waals surface area contributed by atoms with Crippen molar-refractivity contribution in [1.82, 2.24) is 0 Å². The molecule has 0 bridgehead atoms. The quantitative estimate of drug-likeness (QED) is 0.570. The van der Waals surface area contributed by atoms with Gasteiger partial charge in [0.15, 0.2) is 0 Å². The fraction of sp³-hybridized carbons (Fsp3) is 0.391. The van der Waals surface area contributed by atoms with Crippen LogP contribution in [-0.2, 0) is 9.59 Å². The topological polar surface area (TPSA) is 58.2 Å². The summed E-state index contributed by atoms with van der Waals surface area (Å²) in [5.74, 6) is 0.781. The van der Waals surface area contributed by atoms with Gasteiger partial charge in [0.05, 0.1) is 5.75 Å². The molecule has 0 aromatic heterocycles. The Bertz CT molecular complexity index is 791. The van der Waals surface area contributed by atoms with Crippen molar-refractivity contribution in [1.29, 1.82) is 0 Å². The fourth-order valence-corrected chi connectivity index (χ4v) is 3.32. The summed E-state index contributed by atoms with van der Waals surface area (Å²) >= 11 is 1.47. The molecular weight excluding hydrogens is 368 g/mol. The standard InChI is InChI=1S/C23H30N2O2S/c1-16(2)17-6-8-18(9-7-17)25-22(27)15-28-20-12-10-19(11-13-20)24-21(26)14-23(3,4)5/h6-13,16H,14-15H2,1-5H3,(H,24,26)(H,25,27). The number of hydrogen-bond acceptors (Lipinski definition) is 3. The molecular formula is C23H30N2O2S. The molecule has 0 aliphatic rings. The van der Waals surface area contributed by atoms with Crippen LogP contribution in [-0.4, -0.2) is 17.6 Å². The first-order valence-corrected chi connectivity index (χ1v) is 10.5. The first-order valence-electron chi connectivity index (χ1n) is 9.55. The van der Waals surface area contributed by atoms with Crippen molar-refractivity contribution in [3.63, 3.8) is 0 Å².